The lowest BCUT2D eigenvalue weighted by Crippen LogP contribution is -2.37. The van der Waals surface area contributed by atoms with Crippen molar-refractivity contribution in [2.24, 2.45) is 11.8 Å². The van der Waals surface area contributed by atoms with Gasteiger partial charge in [0, 0.05) is 6.20 Å². The molecule has 0 aromatic carbocycles. The van der Waals surface area contributed by atoms with Crippen LogP contribution in [0, 0.1) is 12.8 Å². The Labute approximate surface area is 83.2 Å². The predicted octanol–water partition coefficient (Wildman–Crippen LogP) is 0.379. The zero-order valence-electron chi connectivity index (χ0n) is 8.69. The van der Waals surface area contributed by atoms with Crippen LogP contribution < -0.4 is 11.3 Å². The molecule has 0 saturated carbocycles. The van der Waals surface area contributed by atoms with Crippen LogP contribution in [-0.4, -0.2) is 15.7 Å². The van der Waals surface area contributed by atoms with E-state index < -0.39 is 0 Å². The van der Waals surface area contributed by atoms with Gasteiger partial charge in [0.25, 0.3) is 0 Å². The summed E-state index contributed by atoms with van der Waals surface area (Å²) in [5.41, 5.74) is 3.08. The van der Waals surface area contributed by atoms with Crippen LogP contribution in [0.4, 0.5) is 0 Å². The number of nitrogens with zero attached hydrogens (tertiary/aromatic N) is 2. The van der Waals surface area contributed by atoms with Crippen LogP contribution >= 0.6 is 0 Å². The number of aryl methyl sites for hydroxylation is 1. The van der Waals surface area contributed by atoms with Crippen LogP contribution in [0.5, 0.6) is 0 Å². The van der Waals surface area contributed by atoms with Gasteiger partial charge in [0.1, 0.15) is 0 Å². The number of hydrogen-bond acceptors (Lipinski definition) is 3. The van der Waals surface area contributed by atoms with Gasteiger partial charge in [-0.3, -0.25) is 14.9 Å². The Morgan fingerprint density at radius 3 is 2.71 bits per heavy atom. The number of carbonyl (C=O) groups excluding carboxylic acids is 1. The van der Waals surface area contributed by atoms with Gasteiger partial charge in [-0.25, -0.2) is 5.84 Å². The number of rotatable bonds is 3. The third kappa shape index (κ3) is 2.11. The Balaban J connectivity index is 2.74. The van der Waals surface area contributed by atoms with Gasteiger partial charge in [-0.15, -0.1) is 0 Å². The normalized spacial score (nSPS) is 14.9. The number of nitrogens with two attached hydrogens (primary N) is 1. The van der Waals surface area contributed by atoms with Crippen molar-refractivity contribution in [3.63, 3.8) is 0 Å². The standard InChI is InChI=1S/C9H16N4O/c1-6-4-5-13(12-6)8(3)7(2)9(14)11-10/h4-5,7-8H,10H2,1-3H3,(H,11,14). The maximum atomic E-state index is 11.3. The predicted molar refractivity (Wildman–Crippen MR) is 53.2 cm³/mol. The van der Waals surface area contributed by atoms with Gasteiger partial charge >= 0.3 is 0 Å². The fourth-order valence-electron chi connectivity index (χ4n) is 1.24. The number of hydrazine groups is 1. The van der Waals surface area contributed by atoms with E-state index in [4.69, 9.17) is 5.84 Å². The summed E-state index contributed by atoms with van der Waals surface area (Å²) < 4.78 is 1.77. The second-order valence-corrected chi connectivity index (χ2v) is 3.47. The average molecular weight is 196 g/mol. The zero-order valence-corrected chi connectivity index (χ0v) is 8.69. The number of nitrogens with one attached hydrogen (secondary N) is 1. The smallest absolute Gasteiger partial charge is 0.238 e. The molecule has 1 aromatic heterocycles. The summed E-state index contributed by atoms with van der Waals surface area (Å²) in [5.74, 6) is 4.69. The highest BCUT2D eigenvalue weighted by Crippen LogP contribution is 2.16. The second-order valence-electron chi connectivity index (χ2n) is 3.47. The first-order valence-corrected chi connectivity index (χ1v) is 4.58. The molecule has 0 spiro atoms. The van der Waals surface area contributed by atoms with Gasteiger partial charge in [0.05, 0.1) is 17.7 Å². The van der Waals surface area contributed by atoms with E-state index in [0.29, 0.717) is 0 Å². The first-order valence-electron chi connectivity index (χ1n) is 4.58. The molecule has 5 nitrogen and oxygen atoms in total. The highest BCUT2D eigenvalue weighted by molar-refractivity contribution is 5.78. The third-order valence-corrected chi connectivity index (χ3v) is 2.44. The van der Waals surface area contributed by atoms with Crippen molar-refractivity contribution in [3.8, 4) is 0 Å². The molecule has 1 heterocycles. The van der Waals surface area contributed by atoms with Crippen molar-refractivity contribution in [1.82, 2.24) is 15.2 Å². The molecule has 2 atom stereocenters. The summed E-state index contributed by atoms with van der Waals surface area (Å²) >= 11 is 0. The Kier molecular flexibility index (Phi) is 3.24. The van der Waals surface area contributed by atoms with Crippen LogP contribution in [-0.2, 0) is 4.79 Å². The van der Waals surface area contributed by atoms with Crippen molar-refractivity contribution >= 4 is 5.91 Å². The zero-order chi connectivity index (χ0) is 10.7. The monoisotopic (exact) mass is 196 g/mol. The summed E-state index contributed by atoms with van der Waals surface area (Å²) in [7, 11) is 0. The molecule has 0 radical (unpaired) electrons. The minimum Gasteiger partial charge on any atom is -0.294 e. The third-order valence-electron chi connectivity index (χ3n) is 2.44. The topological polar surface area (TPSA) is 72.9 Å². The number of amides is 1. The lowest BCUT2D eigenvalue weighted by molar-refractivity contribution is -0.125. The van der Waals surface area contributed by atoms with Crippen molar-refractivity contribution in [1.29, 1.82) is 0 Å². The molecule has 0 fully saturated rings. The summed E-state index contributed by atoms with van der Waals surface area (Å²) in [4.78, 5) is 11.3. The lowest BCUT2D eigenvalue weighted by Gasteiger charge is -2.18. The summed E-state index contributed by atoms with van der Waals surface area (Å²) in [6.45, 7) is 5.67. The number of hydrogen-bond donors (Lipinski definition) is 2. The maximum Gasteiger partial charge on any atom is 0.238 e. The van der Waals surface area contributed by atoms with Gasteiger partial charge in [-0.05, 0) is 19.9 Å². The Morgan fingerprint density at radius 1 is 1.64 bits per heavy atom. The second kappa shape index (κ2) is 4.23. The van der Waals surface area contributed by atoms with Gasteiger partial charge < -0.3 is 0 Å². The van der Waals surface area contributed by atoms with Crippen LogP contribution in [0.3, 0.4) is 0 Å². The molecule has 1 rings (SSSR count). The minimum atomic E-state index is -0.195. The van der Waals surface area contributed by atoms with E-state index in [1.807, 2.05) is 33.0 Å². The largest absolute Gasteiger partial charge is 0.294 e. The van der Waals surface area contributed by atoms with Gasteiger partial charge in [-0.2, -0.15) is 5.10 Å². The van der Waals surface area contributed by atoms with Crippen molar-refractivity contribution in [3.05, 3.63) is 18.0 Å². The van der Waals surface area contributed by atoms with Gasteiger partial charge in [-0.1, -0.05) is 6.92 Å². The molecule has 0 bridgehead atoms. The molecule has 0 saturated heterocycles. The summed E-state index contributed by atoms with van der Waals surface area (Å²) in [6.07, 6.45) is 1.86. The molecule has 5 heteroatoms. The quantitative estimate of drug-likeness (QED) is 0.417. The SMILES string of the molecule is Cc1ccn(C(C)C(C)C(=O)NN)n1. The van der Waals surface area contributed by atoms with E-state index in [2.05, 4.69) is 10.5 Å². The molecular formula is C9H16N4O. The van der Waals surface area contributed by atoms with Gasteiger partial charge in [0.15, 0.2) is 0 Å². The highest BCUT2D eigenvalue weighted by atomic mass is 16.2. The van der Waals surface area contributed by atoms with Crippen LogP contribution in [0.2, 0.25) is 0 Å². The van der Waals surface area contributed by atoms with Crippen molar-refractivity contribution in [2.75, 3.05) is 0 Å². The van der Waals surface area contributed by atoms with E-state index in [-0.39, 0.29) is 17.9 Å². The molecule has 2 unspecified atom stereocenters. The molecule has 1 aromatic rings. The number of carbonyl (C=O) groups is 1. The van der Waals surface area contributed by atoms with E-state index in [1.54, 1.807) is 4.68 Å². The number of aromatic nitrogens is 2. The molecule has 0 aliphatic carbocycles. The minimum absolute atomic E-state index is 0.00671. The molecular weight excluding hydrogens is 180 g/mol. The lowest BCUT2D eigenvalue weighted by atomic mass is 10.0. The van der Waals surface area contributed by atoms with Crippen molar-refractivity contribution < 1.29 is 4.79 Å². The molecule has 0 aliphatic heterocycles. The fraction of sp³-hybridized carbons (Fsp3) is 0.556. The summed E-state index contributed by atoms with van der Waals surface area (Å²) in [5, 5.41) is 4.24. The van der Waals surface area contributed by atoms with E-state index in [9.17, 15) is 4.79 Å². The molecule has 14 heavy (non-hydrogen) atoms. The molecule has 78 valence electrons. The average Bonchev–Trinajstić information content (AvgIpc) is 2.61. The Morgan fingerprint density at radius 2 is 2.29 bits per heavy atom. The van der Waals surface area contributed by atoms with E-state index >= 15 is 0 Å². The molecule has 1 amide bonds. The molecule has 0 aliphatic rings. The first kappa shape index (κ1) is 10.7. The van der Waals surface area contributed by atoms with Crippen LogP contribution in [0.15, 0.2) is 12.3 Å². The van der Waals surface area contributed by atoms with E-state index in [1.165, 1.54) is 0 Å². The Hall–Kier alpha value is -1.36. The molecule has 3 N–H and O–H groups in total. The Bertz CT molecular complexity index is 320. The van der Waals surface area contributed by atoms with Crippen molar-refractivity contribution in [2.45, 2.75) is 26.8 Å². The van der Waals surface area contributed by atoms with Gasteiger partial charge in [0.2, 0.25) is 5.91 Å². The van der Waals surface area contributed by atoms with Crippen LogP contribution in [0.1, 0.15) is 25.6 Å². The summed E-state index contributed by atoms with van der Waals surface area (Å²) in [6, 6.07) is 1.91. The fourth-order valence-corrected chi connectivity index (χ4v) is 1.24. The first-order chi connectivity index (χ1) is 6.56. The van der Waals surface area contributed by atoms with E-state index in [0.717, 1.165) is 5.69 Å². The van der Waals surface area contributed by atoms with Crippen LogP contribution in [0.25, 0.3) is 0 Å². The maximum absolute atomic E-state index is 11.3. The highest BCUT2D eigenvalue weighted by Gasteiger charge is 2.21.